The summed E-state index contributed by atoms with van der Waals surface area (Å²) < 4.78 is 0. The Hall–Kier alpha value is -2.11. The van der Waals surface area contributed by atoms with Crippen LogP contribution in [0.4, 0.5) is 11.4 Å². The Kier molecular flexibility index (Phi) is 4.65. The number of rotatable bonds is 5. The molecule has 0 radical (unpaired) electrons. The molecule has 0 aliphatic rings. The van der Waals surface area contributed by atoms with E-state index in [0.717, 1.165) is 12.8 Å². The summed E-state index contributed by atoms with van der Waals surface area (Å²) in [6, 6.07) is 4.26. The highest BCUT2D eigenvalue weighted by atomic mass is 16.6. The van der Waals surface area contributed by atoms with Crippen LogP contribution in [0.2, 0.25) is 0 Å². The van der Waals surface area contributed by atoms with Gasteiger partial charge in [-0.1, -0.05) is 19.4 Å². The lowest BCUT2D eigenvalue weighted by Gasteiger charge is -2.17. The van der Waals surface area contributed by atoms with Gasteiger partial charge in [0.25, 0.3) is 11.6 Å². The molecule has 0 fully saturated rings. The maximum atomic E-state index is 12.1. The first-order valence-electron chi connectivity index (χ1n) is 5.77. The lowest BCUT2D eigenvalue weighted by Crippen LogP contribution is -2.28. The number of nitrogen functional groups attached to an aromatic ring is 1. The molecule has 0 heterocycles. The minimum atomic E-state index is -0.585. The predicted octanol–water partition coefficient (Wildman–Crippen LogP) is 2.05. The van der Waals surface area contributed by atoms with Crippen molar-refractivity contribution in [2.45, 2.75) is 19.8 Å². The summed E-state index contributed by atoms with van der Waals surface area (Å²) in [6.45, 7) is 2.64. The Balaban J connectivity index is 2.99. The van der Waals surface area contributed by atoms with E-state index < -0.39 is 4.92 Å². The van der Waals surface area contributed by atoms with Gasteiger partial charge in [0.2, 0.25) is 0 Å². The summed E-state index contributed by atoms with van der Waals surface area (Å²) in [5, 5.41) is 10.7. The highest BCUT2D eigenvalue weighted by molar-refractivity contribution is 6.00. The van der Waals surface area contributed by atoms with Crippen molar-refractivity contribution in [1.29, 1.82) is 0 Å². The van der Waals surface area contributed by atoms with Gasteiger partial charge in [0.1, 0.15) is 5.69 Å². The van der Waals surface area contributed by atoms with E-state index in [1.54, 1.807) is 7.05 Å². The van der Waals surface area contributed by atoms with Gasteiger partial charge in [-0.15, -0.1) is 0 Å². The fraction of sp³-hybridized carbons (Fsp3) is 0.417. The summed E-state index contributed by atoms with van der Waals surface area (Å²) in [6.07, 6.45) is 1.86. The molecule has 0 saturated heterocycles. The molecule has 1 rings (SSSR count). The van der Waals surface area contributed by atoms with Crippen LogP contribution < -0.4 is 5.73 Å². The van der Waals surface area contributed by atoms with Gasteiger partial charge in [-0.2, -0.15) is 0 Å². The smallest absolute Gasteiger partial charge is 0.292 e. The third kappa shape index (κ3) is 2.97. The molecule has 0 atom stereocenters. The predicted molar refractivity (Wildman–Crippen MR) is 69.4 cm³/mol. The van der Waals surface area contributed by atoms with E-state index in [4.69, 9.17) is 5.73 Å². The molecule has 1 amide bonds. The summed E-state index contributed by atoms with van der Waals surface area (Å²) in [5.41, 5.74) is 5.54. The standard InChI is InChI=1S/C12H17N3O3/c1-3-4-8-14(2)12(16)9-6-5-7-10(11(9)13)15(17)18/h5-7H,3-4,8,13H2,1-2H3. The fourth-order valence-electron chi connectivity index (χ4n) is 1.60. The first-order chi connectivity index (χ1) is 8.49. The van der Waals surface area contributed by atoms with Crippen LogP contribution in [-0.4, -0.2) is 29.3 Å². The van der Waals surface area contributed by atoms with Gasteiger partial charge < -0.3 is 10.6 Å². The summed E-state index contributed by atoms with van der Waals surface area (Å²) in [5.74, 6) is -0.287. The van der Waals surface area contributed by atoms with Crippen LogP contribution in [-0.2, 0) is 0 Å². The van der Waals surface area contributed by atoms with Crippen molar-refractivity contribution >= 4 is 17.3 Å². The number of benzene rings is 1. The van der Waals surface area contributed by atoms with Gasteiger partial charge in [0.15, 0.2) is 0 Å². The second kappa shape index (κ2) is 6.00. The SMILES string of the molecule is CCCCN(C)C(=O)c1cccc([N+](=O)[O-])c1N. The van der Waals surface area contributed by atoms with Gasteiger partial charge in [0.05, 0.1) is 10.5 Å². The largest absolute Gasteiger partial charge is 0.393 e. The van der Waals surface area contributed by atoms with E-state index >= 15 is 0 Å². The van der Waals surface area contributed by atoms with Crippen molar-refractivity contribution in [3.05, 3.63) is 33.9 Å². The number of carbonyl (C=O) groups is 1. The average Bonchev–Trinajstić information content (AvgIpc) is 2.35. The minimum absolute atomic E-state index is 0.0733. The maximum Gasteiger partial charge on any atom is 0.292 e. The number of hydrogen-bond donors (Lipinski definition) is 1. The maximum absolute atomic E-state index is 12.1. The Morgan fingerprint density at radius 2 is 2.17 bits per heavy atom. The van der Waals surface area contributed by atoms with E-state index in [2.05, 4.69) is 0 Å². The van der Waals surface area contributed by atoms with E-state index in [1.165, 1.54) is 23.1 Å². The molecule has 0 saturated carbocycles. The van der Waals surface area contributed by atoms with Crippen molar-refractivity contribution in [1.82, 2.24) is 4.90 Å². The van der Waals surface area contributed by atoms with E-state index in [-0.39, 0.29) is 22.8 Å². The van der Waals surface area contributed by atoms with Crippen LogP contribution in [0.15, 0.2) is 18.2 Å². The second-order valence-electron chi connectivity index (χ2n) is 4.08. The molecule has 98 valence electrons. The third-order valence-corrected chi connectivity index (χ3v) is 2.70. The van der Waals surface area contributed by atoms with Crippen LogP contribution in [0, 0.1) is 10.1 Å². The number of hydrogen-bond acceptors (Lipinski definition) is 4. The zero-order chi connectivity index (χ0) is 13.7. The monoisotopic (exact) mass is 251 g/mol. The summed E-state index contributed by atoms with van der Waals surface area (Å²) in [4.78, 5) is 23.8. The molecule has 0 aliphatic carbocycles. The molecular weight excluding hydrogens is 234 g/mol. The fourth-order valence-corrected chi connectivity index (χ4v) is 1.60. The number of unbranched alkanes of at least 4 members (excludes halogenated alkanes) is 1. The molecule has 1 aromatic rings. The average molecular weight is 251 g/mol. The Morgan fingerprint density at radius 1 is 1.50 bits per heavy atom. The Morgan fingerprint density at radius 3 is 2.72 bits per heavy atom. The number of nitro groups is 1. The molecule has 2 N–H and O–H groups in total. The number of nitro benzene ring substituents is 1. The highest BCUT2D eigenvalue weighted by Gasteiger charge is 2.20. The molecular formula is C12H17N3O3. The molecule has 6 nitrogen and oxygen atoms in total. The molecule has 0 unspecified atom stereocenters. The van der Waals surface area contributed by atoms with E-state index in [9.17, 15) is 14.9 Å². The minimum Gasteiger partial charge on any atom is -0.393 e. The topological polar surface area (TPSA) is 89.5 Å². The molecule has 0 bridgehead atoms. The zero-order valence-corrected chi connectivity index (χ0v) is 10.5. The van der Waals surface area contributed by atoms with Crippen molar-refractivity contribution in [3.8, 4) is 0 Å². The van der Waals surface area contributed by atoms with Crippen LogP contribution in [0.5, 0.6) is 0 Å². The molecule has 0 aromatic heterocycles. The quantitative estimate of drug-likeness (QED) is 0.492. The number of nitrogens with zero attached hydrogens (tertiary/aromatic N) is 2. The summed E-state index contributed by atoms with van der Waals surface area (Å²) >= 11 is 0. The van der Waals surface area contributed by atoms with Gasteiger partial charge >= 0.3 is 0 Å². The van der Waals surface area contributed by atoms with Gasteiger partial charge in [-0.3, -0.25) is 14.9 Å². The number of anilines is 1. The molecule has 0 aliphatic heterocycles. The molecule has 18 heavy (non-hydrogen) atoms. The molecule has 0 spiro atoms. The normalized spacial score (nSPS) is 10.1. The van der Waals surface area contributed by atoms with E-state index in [1.807, 2.05) is 6.92 Å². The van der Waals surface area contributed by atoms with Gasteiger partial charge in [0, 0.05) is 19.7 Å². The van der Waals surface area contributed by atoms with Crippen molar-refractivity contribution in [3.63, 3.8) is 0 Å². The van der Waals surface area contributed by atoms with Crippen molar-refractivity contribution < 1.29 is 9.72 Å². The van der Waals surface area contributed by atoms with Crippen LogP contribution >= 0.6 is 0 Å². The molecule has 6 heteroatoms. The Labute approximate surface area is 106 Å². The van der Waals surface area contributed by atoms with Gasteiger partial charge in [-0.05, 0) is 12.5 Å². The van der Waals surface area contributed by atoms with Crippen LogP contribution in [0.1, 0.15) is 30.1 Å². The third-order valence-electron chi connectivity index (χ3n) is 2.70. The number of para-hydroxylation sites is 1. The number of carbonyl (C=O) groups excluding carboxylic acids is 1. The lowest BCUT2D eigenvalue weighted by molar-refractivity contribution is -0.383. The highest BCUT2D eigenvalue weighted by Crippen LogP contribution is 2.25. The lowest BCUT2D eigenvalue weighted by atomic mass is 10.1. The molecule has 1 aromatic carbocycles. The van der Waals surface area contributed by atoms with Crippen molar-refractivity contribution in [2.24, 2.45) is 0 Å². The van der Waals surface area contributed by atoms with E-state index in [0.29, 0.717) is 6.54 Å². The number of nitrogens with two attached hydrogens (primary N) is 1. The first-order valence-corrected chi connectivity index (χ1v) is 5.77. The van der Waals surface area contributed by atoms with Crippen LogP contribution in [0.25, 0.3) is 0 Å². The first kappa shape index (κ1) is 14.0. The summed E-state index contributed by atoms with van der Waals surface area (Å²) in [7, 11) is 1.66. The Bertz CT molecular complexity index is 460. The number of amides is 1. The zero-order valence-electron chi connectivity index (χ0n) is 10.5. The second-order valence-corrected chi connectivity index (χ2v) is 4.08. The van der Waals surface area contributed by atoms with Crippen molar-refractivity contribution in [2.75, 3.05) is 19.3 Å². The van der Waals surface area contributed by atoms with Crippen LogP contribution in [0.3, 0.4) is 0 Å². The van der Waals surface area contributed by atoms with Gasteiger partial charge in [-0.25, -0.2) is 0 Å².